The van der Waals surface area contributed by atoms with Crippen LogP contribution in [-0.2, 0) is 25.7 Å². The van der Waals surface area contributed by atoms with E-state index in [4.69, 9.17) is 9.47 Å². The molecule has 40 heavy (non-hydrogen) atoms. The largest absolute Gasteiger partial charge is 0.480 e. The number of hydrogen-bond donors (Lipinski definition) is 3. The van der Waals surface area contributed by atoms with Crippen LogP contribution in [0.3, 0.4) is 0 Å². The van der Waals surface area contributed by atoms with Gasteiger partial charge in [-0.15, -0.1) is 0 Å². The monoisotopic (exact) mass is 542 g/mol. The van der Waals surface area contributed by atoms with Crippen LogP contribution in [0.25, 0.3) is 11.1 Å². The highest BCUT2D eigenvalue weighted by molar-refractivity contribution is 5.90. The molecule has 3 atom stereocenters. The van der Waals surface area contributed by atoms with Crippen molar-refractivity contribution in [3.05, 3.63) is 95.6 Å². The number of carboxylic acids is 1. The molecule has 2 amide bonds. The Labute approximate surface area is 233 Å². The van der Waals surface area contributed by atoms with Gasteiger partial charge in [-0.05, 0) is 53.5 Å². The standard InChI is InChI=1S/C32H34N2O6/c1-20(39-18-21-10-3-2-4-11-21)28(30(35)33-29(31(36)37)22-12-9-13-22)34-32(38)40-19-27-25-16-7-5-14-23(25)24-15-6-8-17-26(24)27/h2-8,10-11,14-17,20,22,27-29H,9,12-13,18-19H2,1H3,(H,33,35)(H,34,38)(H,36,37). The number of rotatable bonds is 11. The molecular formula is C32H34N2O6. The van der Waals surface area contributed by atoms with Crippen molar-refractivity contribution in [2.75, 3.05) is 6.61 Å². The van der Waals surface area contributed by atoms with Crippen molar-refractivity contribution < 1.29 is 29.0 Å². The molecule has 1 saturated carbocycles. The van der Waals surface area contributed by atoms with Crippen LogP contribution in [0.2, 0.25) is 0 Å². The summed E-state index contributed by atoms with van der Waals surface area (Å²) in [4.78, 5) is 38.3. The summed E-state index contributed by atoms with van der Waals surface area (Å²) in [5.41, 5.74) is 5.30. The average Bonchev–Trinajstić information content (AvgIpc) is 3.26. The minimum Gasteiger partial charge on any atom is -0.480 e. The lowest BCUT2D eigenvalue weighted by Gasteiger charge is -2.33. The van der Waals surface area contributed by atoms with E-state index < -0.39 is 36.2 Å². The van der Waals surface area contributed by atoms with Crippen LogP contribution in [0, 0.1) is 5.92 Å². The minimum atomic E-state index is -1.15. The Morgan fingerprint density at radius 2 is 1.48 bits per heavy atom. The molecule has 0 radical (unpaired) electrons. The maximum Gasteiger partial charge on any atom is 0.407 e. The van der Waals surface area contributed by atoms with Crippen LogP contribution in [0.15, 0.2) is 78.9 Å². The van der Waals surface area contributed by atoms with Gasteiger partial charge in [-0.25, -0.2) is 9.59 Å². The molecule has 1 fully saturated rings. The number of amides is 2. The van der Waals surface area contributed by atoms with Gasteiger partial charge in [0, 0.05) is 5.92 Å². The number of carbonyl (C=O) groups is 3. The van der Waals surface area contributed by atoms with E-state index >= 15 is 0 Å². The Morgan fingerprint density at radius 1 is 0.875 bits per heavy atom. The third-order valence-electron chi connectivity index (χ3n) is 7.91. The number of benzene rings is 3. The van der Waals surface area contributed by atoms with Gasteiger partial charge in [0.05, 0.1) is 12.7 Å². The predicted molar refractivity (Wildman–Crippen MR) is 150 cm³/mol. The quantitative estimate of drug-likeness (QED) is 0.319. The highest BCUT2D eigenvalue weighted by atomic mass is 16.5. The fourth-order valence-corrected chi connectivity index (χ4v) is 5.46. The highest BCUT2D eigenvalue weighted by Crippen LogP contribution is 2.44. The Kier molecular flexibility index (Phi) is 8.45. The van der Waals surface area contributed by atoms with Crippen LogP contribution < -0.4 is 10.6 Å². The molecule has 0 aliphatic heterocycles. The maximum absolute atomic E-state index is 13.4. The topological polar surface area (TPSA) is 114 Å². The Balaban J connectivity index is 1.27. The Bertz CT molecular complexity index is 1310. The van der Waals surface area contributed by atoms with Gasteiger partial charge in [-0.3, -0.25) is 4.79 Å². The van der Waals surface area contributed by atoms with Crippen LogP contribution in [0.5, 0.6) is 0 Å². The normalized spacial score (nSPS) is 16.5. The summed E-state index contributed by atoms with van der Waals surface area (Å²) in [6, 6.07) is 23.4. The van der Waals surface area contributed by atoms with Gasteiger partial charge in [0.25, 0.3) is 0 Å². The first-order valence-corrected chi connectivity index (χ1v) is 13.7. The van der Waals surface area contributed by atoms with Gasteiger partial charge < -0.3 is 25.2 Å². The van der Waals surface area contributed by atoms with E-state index in [9.17, 15) is 19.5 Å². The smallest absolute Gasteiger partial charge is 0.407 e. The number of aliphatic carboxylic acids is 1. The van der Waals surface area contributed by atoms with Crippen LogP contribution in [0.4, 0.5) is 4.79 Å². The average molecular weight is 543 g/mol. The van der Waals surface area contributed by atoms with Gasteiger partial charge in [0.15, 0.2) is 0 Å². The van der Waals surface area contributed by atoms with Crippen molar-refractivity contribution in [1.82, 2.24) is 10.6 Å². The summed E-state index contributed by atoms with van der Waals surface area (Å²) in [6.45, 7) is 1.99. The molecule has 3 aromatic rings. The zero-order chi connectivity index (χ0) is 28.1. The van der Waals surface area contributed by atoms with Crippen LogP contribution in [0.1, 0.15) is 48.8 Å². The fraction of sp³-hybridized carbons (Fsp3) is 0.344. The summed E-state index contributed by atoms with van der Waals surface area (Å²) in [5.74, 6) is -1.96. The lowest BCUT2D eigenvalue weighted by Crippen LogP contribution is -2.58. The molecule has 0 aromatic heterocycles. The molecule has 0 spiro atoms. The molecule has 208 valence electrons. The first-order chi connectivity index (χ1) is 19.4. The van der Waals surface area contributed by atoms with E-state index in [0.29, 0.717) is 0 Å². The zero-order valence-electron chi connectivity index (χ0n) is 22.4. The van der Waals surface area contributed by atoms with E-state index in [1.54, 1.807) is 6.92 Å². The number of hydrogen-bond acceptors (Lipinski definition) is 5. The second-order valence-electron chi connectivity index (χ2n) is 10.5. The van der Waals surface area contributed by atoms with Crippen LogP contribution in [-0.4, -0.2) is 47.9 Å². The maximum atomic E-state index is 13.4. The molecule has 0 saturated heterocycles. The number of fused-ring (bicyclic) bond motifs is 3. The summed E-state index contributed by atoms with van der Waals surface area (Å²) in [7, 11) is 0. The second-order valence-corrected chi connectivity index (χ2v) is 10.5. The van der Waals surface area contributed by atoms with Crippen LogP contribution >= 0.6 is 0 Å². The first-order valence-electron chi connectivity index (χ1n) is 13.7. The lowest BCUT2D eigenvalue weighted by molar-refractivity contribution is -0.145. The molecule has 3 unspecified atom stereocenters. The van der Waals surface area contributed by atoms with E-state index in [-0.39, 0.29) is 25.0 Å². The van der Waals surface area contributed by atoms with E-state index in [1.807, 2.05) is 66.7 Å². The molecular weight excluding hydrogens is 508 g/mol. The molecule has 3 N–H and O–H groups in total. The molecule has 2 aliphatic carbocycles. The van der Waals surface area contributed by atoms with E-state index in [2.05, 4.69) is 22.8 Å². The number of carbonyl (C=O) groups excluding carboxylic acids is 2. The number of nitrogens with one attached hydrogen (secondary N) is 2. The Hall–Kier alpha value is -4.17. The van der Waals surface area contributed by atoms with Crippen molar-refractivity contribution in [3.8, 4) is 11.1 Å². The van der Waals surface area contributed by atoms with Crippen molar-refractivity contribution in [1.29, 1.82) is 0 Å². The highest BCUT2D eigenvalue weighted by Gasteiger charge is 2.37. The summed E-state index contributed by atoms with van der Waals surface area (Å²) in [5, 5.41) is 15.0. The van der Waals surface area contributed by atoms with Crippen molar-refractivity contribution in [2.45, 2.75) is 56.9 Å². The van der Waals surface area contributed by atoms with Gasteiger partial charge in [-0.2, -0.15) is 0 Å². The molecule has 0 heterocycles. The molecule has 5 rings (SSSR count). The molecule has 2 aliphatic rings. The third-order valence-corrected chi connectivity index (χ3v) is 7.91. The van der Waals surface area contributed by atoms with Crippen molar-refractivity contribution >= 4 is 18.0 Å². The number of ether oxygens (including phenoxy) is 2. The summed E-state index contributed by atoms with van der Waals surface area (Å²) < 4.78 is 11.6. The molecule has 0 bridgehead atoms. The molecule has 8 heteroatoms. The third kappa shape index (κ3) is 6.02. The molecule has 8 nitrogen and oxygen atoms in total. The fourth-order valence-electron chi connectivity index (χ4n) is 5.46. The lowest BCUT2D eigenvalue weighted by atomic mass is 9.79. The van der Waals surface area contributed by atoms with Gasteiger partial charge in [0.1, 0.15) is 18.7 Å². The minimum absolute atomic E-state index is 0.0906. The second kappa shape index (κ2) is 12.3. The summed E-state index contributed by atoms with van der Waals surface area (Å²) >= 11 is 0. The number of carboxylic acid groups (broad SMARTS) is 1. The summed E-state index contributed by atoms with van der Waals surface area (Å²) in [6.07, 6.45) is 0.885. The first kappa shape index (κ1) is 27.4. The predicted octanol–water partition coefficient (Wildman–Crippen LogP) is 4.87. The number of alkyl carbamates (subject to hydrolysis) is 1. The van der Waals surface area contributed by atoms with E-state index in [0.717, 1.165) is 47.1 Å². The Morgan fingerprint density at radius 3 is 2.05 bits per heavy atom. The van der Waals surface area contributed by atoms with Gasteiger partial charge in [-0.1, -0.05) is 85.3 Å². The SMILES string of the molecule is CC(OCc1ccccc1)C(NC(=O)OCC1c2ccccc2-c2ccccc21)C(=O)NC(C(=O)O)C1CCC1. The zero-order valence-corrected chi connectivity index (χ0v) is 22.4. The van der Waals surface area contributed by atoms with Crippen molar-refractivity contribution in [3.63, 3.8) is 0 Å². The van der Waals surface area contributed by atoms with Gasteiger partial charge >= 0.3 is 12.1 Å². The van der Waals surface area contributed by atoms with Crippen molar-refractivity contribution in [2.24, 2.45) is 5.92 Å². The van der Waals surface area contributed by atoms with Gasteiger partial charge in [0.2, 0.25) is 5.91 Å². The van der Waals surface area contributed by atoms with E-state index in [1.165, 1.54) is 0 Å². The molecule has 3 aromatic carbocycles.